The SMILES string of the molecule is CC(=O)Cl.NC(=O)CCc1ccccc1. The highest BCUT2D eigenvalue weighted by Crippen LogP contribution is 2.00. The molecule has 0 saturated heterocycles. The Morgan fingerprint density at radius 2 is 1.73 bits per heavy atom. The molecule has 0 aromatic heterocycles. The van der Waals surface area contributed by atoms with E-state index in [1.54, 1.807) is 0 Å². The third-order valence-corrected chi connectivity index (χ3v) is 1.50. The predicted octanol–water partition coefficient (Wildman–Crippen LogP) is 1.88. The Hall–Kier alpha value is -1.35. The molecule has 0 aliphatic heterocycles. The predicted molar refractivity (Wildman–Crippen MR) is 60.5 cm³/mol. The normalized spacial score (nSPS) is 8.67. The third kappa shape index (κ3) is 10.6. The van der Waals surface area contributed by atoms with Gasteiger partial charge < -0.3 is 5.73 Å². The van der Waals surface area contributed by atoms with Gasteiger partial charge in [0, 0.05) is 13.3 Å². The molecule has 4 heteroatoms. The number of halogens is 1. The number of hydrogen-bond acceptors (Lipinski definition) is 2. The van der Waals surface area contributed by atoms with E-state index < -0.39 is 0 Å². The molecule has 0 heterocycles. The summed E-state index contributed by atoms with van der Waals surface area (Å²) >= 11 is 4.64. The van der Waals surface area contributed by atoms with Crippen molar-refractivity contribution in [3.8, 4) is 0 Å². The summed E-state index contributed by atoms with van der Waals surface area (Å²) in [4.78, 5) is 19.6. The van der Waals surface area contributed by atoms with Crippen molar-refractivity contribution in [1.29, 1.82) is 0 Å². The fourth-order valence-corrected chi connectivity index (χ4v) is 0.912. The van der Waals surface area contributed by atoms with Crippen LogP contribution < -0.4 is 5.73 Å². The third-order valence-electron chi connectivity index (χ3n) is 1.50. The minimum absolute atomic E-state index is 0.242. The van der Waals surface area contributed by atoms with Gasteiger partial charge in [0.2, 0.25) is 11.1 Å². The highest BCUT2D eigenvalue weighted by Gasteiger charge is 1.94. The van der Waals surface area contributed by atoms with Gasteiger partial charge in [0.1, 0.15) is 0 Å². The van der Waals surface area contributed by atoms with Crippen LogP contribution in [-0.2, 0) is 16.0 Å². The number of primary amides is 1. The Kier molecular flexibility index (Phi) is 7.28. The first-order valence-electron chi connectivity index (χ1n) is 4.50. The maximum atomic E-state index is 10.4. The van der Waals surface area contributed by atoms with E-state index >= 15 is 0 Å². The fraction of sp³-hybridized carbons (Fsp3) is 0.273. The first-order chi connectivity index (χ1) is 7.02. The first kappa shape index (κ1) is 13.7. The quantitative estimate of drug-likeness (QED) is 0.802. The topological polar surface area (TPSA) is 60.2 Å². The van der Waals surface area contributed by atoms with E-state index in [0.717, 1.165) is 12.0 Å². The second kappa shape index (κ2) is 8.00. The van der Waals surface area contributed by atoms with Gasteiger partial charge >= 0.3 is 0 Å². The standard InChI is InChI=1S/C9H11NO.C2H3ClO/c10-9(11)7-6-8-4-2-1-3-5-8;1-2(3)4/h1-5H,6-7H2,(H2,10,11);1H3. The van der Waals surface area contributed by atoms with E-state index in [2.05, 4.69) is 11.6 Å². The van der Waals surface area contributed by atoms with E-state index in [1.165, 1.54) is 6.92 Å². The summed E-state index contributed by atoms with van der Waals surface area (Å²) in [5.74, 6) is -0.242. The van der Waals surface area contributed by atoms with Crippen molar-refractivity contribution in [3.05, 3.63) is 35.9 Å². The molecule has 3 nitrogen and oxygen atoms in total. The zero-order valence-electron chi connectivity index (χ0n) is 8.57. The molecular formula is C11H14ClNO2. The number of carbonyl (C=O) groups is 2. The minimum atomic E-state index is -0.361. The largest absolute Gasteiger partial charge is 0.370 e. The Labute approximate surface area is 94.2 Å². The van der Waals surface area contributed by atoms with Gasteiger partial charge in [0.25, 0.3) is 0 Å². The van der Waals surface area contributed by atoms with Crippen molar-refractivity contribution in [2.75, 3.05) is 0 Å². The zero-order valence-corrected chi connectivity index (χ0v) is 9.33. The molecule has 0 radical (unpaired) electrons. The average Bonchev–Trinajstić information content (AvgIpc) is 2.15. The van der Waals surface area contributed by atoms with Gasteiger partial charge in [-0.2, -0.15) is 0 Å². The minimum Gasteiger partial charge on any atom is -0.370 e. The molecule has 0 aliphatic rings. The van der Waals surface area contributed by atoms with Crippen LogP contribution in [0.25, 0.3) is 0 Å². The van der Waals surface area contributed by atoms with Gasteiger partial charge in [-0.15, -0.1) is 0 Å². The van der Waals surface area contributed by atoms with E-state index in [9.17, 15) is 9.59 Å². The van der Waals surface area contributed by atoms with Crippen molar-refractivity contribution in [2.45, 2.75) is 19.8 Å². The second-order valence-electron chi connectivity index (χ2n) is 2.92. The van der Waals surface area contributed by atoms with Crippen LogP contribution in [0, 0.1) is 0 Å². The average molecular weight is 228 g/mol. The molecule has 0 unspecified atom stereocenters. The summed E-state index contributed by atoms with van der Waals surface area (Å²) in [5.41, 5.74) is 6.16. The van der Waals surface area contributed by atoms with Crippen molar-refractivity contribution < 1.29 is 9.59 Å². The Balaban J connectivity index is 0.000000423. The Bertz CT molecular complexity index is 308. The monoisotopic (exact) mass is 227 g/mol. The number of rotatable bonds is 3. The molecule has 1 rings (SSSR count). The molecule has 0 saturated carbocycles. The summed E-state index contributed by atoms with van der Waals surface area (Å²) in [6, 6.07) is 9.84. The molecule has 0 spiro atoms. The highest BCUT2D eigenvalue weighted by molar-refractivity contribution is 6.62. The van der Waals surface area contributed by atoms with Crippen LogP contribution in [-0.4, -0.2) is 11.1 Å². The number of nitrogens with two attached hydrogens (primary N) is 1. The van der Waals surface area contributed by atoms with Gasteiger partial charge in [0.15, 0.2) is 0 Å². The van der Waals surface area contributed by atoms with E-state index in [0.29, 0.717) is 6.42 Å². The van der Waals surface area contributed by atoms with Crippen LogP contribution in [0.2, 0.25) is 0 Å². The maximum Gasteiger partial charge on any atom is 0.218 e. The molecule has 82 valence electrons. The number of aryl methyl sites for hydroxylation is 1. The number of amides is 1. The van der Waals surface area contributed by atoms with Crippen LogP contribution in [0.3, 0.4) is 0 Å². The molecule has 0 fully saturated rings. The van der Waals surface area contributed by atoms with Crippen molar-refractivity contribution in [1.82, 2.24) is 0 Å². The van der Waals surface area contributed by atoms with Gasteiger partial charge in [-0.05, 0) is 23.6 Å². The summed E-state index contributed by atoms with van der Waals surface area (Å²) in [5, 5.41) is -0.361. The van der Waals surface area contributed by atoms with Crippen LogP contribution in [0.4, 0.5) is 0 Å². The highest BCUT2D eigenvalue weighted by atomic mass is 35.5. The summed E-state index contributed by atoms with van der Waals surface area (Å²) in [7, 11) is 0. The van der Waals surface area contributed by atoms with Crippen molar-refractivity contribution in [3.63, 3.8) is 0 Å². The molecule has 0 atom stereocenters. The van der Waals surface area contributed by atoms with Gasteiger partial charge in [0.05, 0.1) is 0 Å². The lowest BCUT2D eigenvalue weighted by molar-refractivity contribution is -0.118. The number of benzene rings is 1. The maximum absolute atomic E-state index is 10.4. The van der Waals surface area contributed by atoms with Crippen LogP contribution >= 0.6 is 11.6 Å². The summed E-state index contributed by atoms with van der Waals surface area (Å²) in [6.45, 7) is 1.29. The van der Waals surface area contributed by atoms with E-state index in [4.69, 9.17) is 5.73 Å². The molecule has 1 amide bonds. The van der Waals surface area contributed by atoms with Gasteiger partial charge in [-0.1, -0.05) is 30.3 Å². The lowest BCUT2D eigenvalue weighted by Crippen LogP contribution is -2.10. The Morgan fingerprint density at radius 3 is 2.13 bits per heavy atom. The lowest BCUT2D eigenvalue weighted by Gasteiger charge is -1.96. The van der Waals surface area contributed by atoms with Crippen molar-refractivity contribution >= 4 is 22.8 Å². The second-order valence-corrected chi connectivity index (χ2v) is 3.45. The summed E-state index contributed by atoms with van der Waals surface area (Å²) in [6.07, 6.45) is 1.18. The molecule has 1 aromatic carbocycles. The fourth-order valence-electron chi connectivity index (χ4n) is 0.912. The molecule has 1 aromatic rings. The number of carbonyl (C=O) groups excluding carboxylic acids is 2. The smallest absolute Gasteiger partial charge is 0.218 e. The Morgan fingerprint density at radius 1 is 1.27 bits per heavy atom. The zero-order chi connectivity index (χ0) is 11.7. The van der Waals surface area contributed by atoms with Crippen LogP contribution in [0.5, 0.6) is 0 Å². The van der Waals surface area contributed by atoms with Crippen molar-refractivity contribution in [2.24, 2.45) is 5.73 Å². The van der Waals surface area contributed by atoms with Gasteiger partial charge in [-0.3, -0.25) is 9.59 Å². The first-order valence-corrected chi connectivity index (χ1v) is 4.88. The van der Waals surface area contributed by atoms with Crippen LogP contribution in [0.1, 0.15) is 18.9 Å². The molecule has 15 heavy (non-hydrogen) atoms. The van der Waals surface area contributed by atoms with E-state index in [-0.39, 0.29) is 11.1 Å². The molecule has 0 bridgehead atoms. The van der Waals surface area contributed by atoms with Crippen LogP contribution in [0.15, 0.2) is 30.3 Å². The molecule has 0 aliphatic carbocycles. The molecular weight excluding hydrogens is 214 g/mol. The molecule has 2 N–H and O–H groups in total. The van der Waals surface area contributed by atoms with Gasteiger partial charge in [-0.25, -0.2) is 0 Å². The number of hydrogen-bond donors (Lipinski definition) is 1. The van der Waals surface area contributed by atoms with E-state index in [1.807, 2.05) is 30.3 Å². The lowest BCUT2D eigenvalue weighted by atomic mass is 10.1. The summed E-state index contributed by atoms with van der Waals surface area (Å²) < 4.78 is 0.